The molecule has 1 saturated heterocycles. The molecule has 176 valence electrons. The Labute approximate surface area is 192 Å². The van der Waals surface area contributed by atoms with Gasteiger partial charge in [-0.25, -0.2) is 4.98 Å². The number of hydrogen-bond acceptors (Lipinski definition) is 4. The summed E-state index contributed by atoms with van der Waals surface area (Å²) >= 11 is 0. The van der Waals surface area contributed by atoms with Crippen LogP contribution in [0.4, 0.5) is 13.2 Å². The van der Waals surface area contributed by atoms with E-state index in [4.69, 9.17) is 0 Å². The van der Waals surface area contributed by atoms with Crippen molar-refractivity contribution in [2.45, 2.75) is 25.6 Å². The van der Waals surface area contributed by atoms with Crippen LogP contribution in [-0.2, 0) is 17.5 Å². The van der Waals surface area contributed by atoms with Crippen molar-refractivity contribution >= 4 is 28.8 Å². The van der Waals surface area contributed by atoms with Crippen LogP contribution in [0, 0.1) is 5.92 Å². The van der Waals surface area contributed by atoms with Crippen LogP contribution in [-0.4, -0.2) is 56.7 Å². The largest absolute Gasteiger partial charge is 0.449 e. The van der Waals surface area contributed by atoms with Crippen molar-refractivity contribution < 1.29 is 27.6 Å². The topological polar surface area (TPSA) is 75.5 Å². The molecule has 0 unspecified atom stereocenters. The molecule has 10 heteroatoms. The lowest BCUT2D eigenvalue weighted by atomic mass is 9.96. The number of imidazole rings is 1. The van der Waals surface area contributed by atoms with Gasteiger partial charge in [-0.05, 0) is 43.0 Å². The van der Waals surface area contributed by atoms with Gasteiger partial charge < -0.3 is 9.47 Å². The number of nitrogens with zero attached hydrogens (tertiary/aromatic N) is 4. The van der Waals surface area contributed by atoms with Crippen LogP contribution in [0.1, 0.15) is 39.4 Å². The number of para-hydroxylation sites is 2. The maximum atomic E-state index is 13.6. The summed E-state index contributed by atoms with van der Waals surface area (Å²) in [5.41, 5.74) is 1.29. The summed E-state index contributed by atoms with van der Waals surface area (Å²) in [5.74, 6) is -2.32. The van der Waals surface area contributed by atoms with Gasteiger partial charge in [-0.2, -0.15) is 13.2 Å². The molecule has 2 aliphatic heterocycles. The lowest BCUT2D eigenvalue weighted by Crippen LogP contribution is -2.46. The first kappa shape index (κ1) is 22.1. The molecule has 7 nitrogen and oxygen atoms in total. The number of amides is 3. The third-order valence-corrected chi connectivity index (χ3v) is 6.49. The van der Waals surface area contributed by atoms with E-state index in [9.17, 15) is 27.6 Å². The van der Waals surface area contributed by atoms with Crippen molar-refractivity contribution in [3.05, 3.63) is 65.5 Å². The lowest BCUT2D eigenvalue weighted by molar-refractivity contribution is -0.147. The molecule has 1 fully saturated rings. The van der Waals surface area contributed by atoms with E-state index in [-0.39, 0.29) is 36.0 Å². The Morgan fingerprint density at radius 2 is 1.53 bits per heavy atom. The van der Waals surface area contributed by atoms with E-state index in [1.54, 1.807) is 53.4 Å². The Balaban J connectivity index is 1.24. The van der Waals surface area contributed by atoms with Crippen LogP contribution in [0.5, 0.6) is 0 Å². The molecule has 2 aliphatic rings. The molecule has 0 bridgehead atoms. The zero-order valence-corrected chi connectivity index (χ0v) is 18.1. The molecular weight excluding hydrogens is 449 g/mol. The Morgan fingerprint density at radius 3 is 2.15 bits per heavy atom. The highest BCUT2D eigenvalue weighted by Crippen LogP contribution is 2.33. The molecule has 0 N–H and O–H groups in total. The highest BCUT2D eigenvalue weighted by atomic mass is 19.4. The second kappa shape index (κ2) is 8.27. The third kappa shape index (κ3) is 3.82. The molecule has 5 rings (SSSR count). The number of hydrogen-bond donors (Lipinski definition) is 0. The quantitative estimate of drug-likeness (QED) is 0.547. The minimum Gasteiger partial charge on any atom is -0.341 e. The predicted molar refractivity (Wildman–Crippen MR) is 116 cm³/mol. The van der Waals surface area contributed by atoms with Gasteiger partial charge in [0.15, 0.2) is 0 Å². The molecule has 0 aliphatic carbocycles. The van der Waals surface area contributed by atoms with E-state index in [0.717, 1.165) is 4.90 Å². The van der Waals surface area contributed by atoms with Gasteiger partial charge in [0.1, 0.15) is 6.54 Å². The maximum absolute atomic E-state index is 13.6. The van der Waals surface area contributed by atoms with Gasteiger partial charge in [0.25, 0.3) is 11.8 Å². The third-order valence-electron chi connectivity index (χ3n) is 6.49. The fourth-order valence-electron chi connectivity index (χ4n) is 4.72. The number of halogens is 3. The Kier molecular flexibility index (Phi) is 5.38. The van der Waals surface area contributed by atoms with Crippen LogP contribution in [0.3, 0.4) is 0 Å². The van der Waals surface area contributed by atoms with Crippen molar-refractivity contribution in [3.8, 4) is 0 Å². The number of imide groups is 1. The zero-order valence-electron chi connectivity index (χ0n) is 18.1. The number of benzene rings is 2. The number of aromatic nitrogens is 2. The van der Waals surface area contributed by atoms with Gasteiger partial charge in [-0.3, -0.25) is 19.3 Å². The molecule has 0 atom stereocenters. The first-order chi connectivity index (χ1) is 16.2. The zero-order chi connectivity index (χ0) is 24.0. The molecular formula is C24H21F3N4O3. The van der Waals surface area contributed by atoms with Crippen molar-refractivity contribution in [1.29, 1.82) is 0 Å². The number of carbonyl (C=O) groups is 3. The maximum Gasteiger partial charge on any atom is 0.449 e. The average molecular weight is 470 g/mol. The van der Waals surface area contributed by atoms with Gasteiger partial charge in [0.2, 0.25) is 11.7 Å². The van der Waals surface area contributed by atoms with Gasteiger partial charge >= 0.3 is 6.18 Å². The normalized spacial score (nSPS) is 17.0. The molecule has 3 aromatic rings. The molecule has 0 saturated carbocycles. The summed E-state index contributed by atoms with van der Waals surface area (Å²) in [6.45, 7) is 0.498. The molecule has 1 aromatic heterocycles. The number of alkyl halides is 3. The summed E-state index contributed by atoms with van der Waals surface area (Å²) in [6, 6.07) is 12.9. The fourth-order valence-corrected chi connectivity index (χ4v) is 4.72. The highest BCUT2D eigenvalue weighted by molar-refractivity contribution is 6.22. The van der Waals surface area contributed by atoms with E-state index >= 15 is 0 Å². The molecule has 0 radical (unpaired) electrons. The standard InChI is InChI=1S/C24H21F3N4O3/c25-24(26,27)23-28-18-7-3-4-8-19(18)30(23)13-15-9-11-29(12-10-15)20(32)14-31-21(33)16-5-1-2-6-17(16)22(31)34/h1-8,15H,9-14H2. The number of carbonyl (C=O) groups excluding carboxylic acids is 3. The Hall–Kier alpha value is -3.69. The SMILES string of the molecule is O=C(CN1C(=O)c2ccccc2C1=O)N1CCC(Cn2c(C(F)(F)F)nc3ccccc32)CC1. The van der Waals surface area contributed by atoms with Gasteiger partial charge in [0.05, 0.1) is 22.2 Å². The van der Waals surface area contributed by atoms with E-state index < -0.39 is 23.8 Å². The highest BCUT2D eigenvalue weighted by Gasteiger charge is 2.39. The minimum absolute atomic E-state index is 0.0675. The van der Waals surface area contributed by atoms with E-state index in [0.29, 0.717) is 37.0 Å². The van der Waals surface area contributed by atoms with Crippen molar-refractivity contribution in [2.24, 2.45) is 5.92 Å². The first-order valence-corrected chi connectivity index (χ1v) is 11.0. The lowest BCUT2D eigenvalue weighted by Gasteiger charge is -2.33. The summed E-state index contributed by atoms with van der Waals surface area (Å²) < 4.78 is 41.9. The minimum atomic E-state index is -4.57. The number of rotatable bonds is 4. The summed E-state index contributed by atoms with van der Waals surface area (Å²) in [5, 5.41) is 0. The fraction of sp³-hybridized carbons (Fsp3) is 0.333. The average Bonchev–Trinajstić information content (AvgIpc) is 3.31. The molecule has 3 heterocycles. The summed E-state index contributed by atoms with van der Waals surface area (Å²) in [7, 11) is 0. The second-order valence-electron chi connectivity index (χ2n) is 8.60. The van der Waals surface area contributed by atoms with Crippen LogP contribution in [0.15, 0.2) is 48.5 Å². The summed E-state index contributed by atoms with van der Waals surface area (Å²) in [4.78, 5) is 44.1. The molecule has 2 aromatic carbocycles. The van der Waals surface area contributed by atoms with Gasteiger partial charge in [0, 0.05) is 19.6 Å². The monoisotopic (exact) mass is 470 g/mol. The van der Waals surface area contributed by atoms with Crippen LogP contribution in [0.2, 0.25) is 0 Å². The number of fused-ring (bicyclic) bond motifs is 2. The Morgan fingerprint density at radius 1 is 0.941 bits per heavy atom. The van der Waals surface area contributed by atoms with Crippen LogP contribution >= 0.6 is 0 Å². The Bertz CT molecular complexity index is 1260. The summed E-state index contributed by atoms with van der Waals surface area (Å²) in [6.07, 6.45) is -3.54. The van der Waals surface area contributed by atoms with Crippen molar-refractivity contribution in [3.63, 3.8) is 0 Å². The van der Waals surface area contributed by atoms with Gasteiger partial charge in [-0.1, -0.05) is 24.3 Å². The predicted octanol–water partition coefficient (Wildman–Crippen LogP) is 3.59. The first-order valence-electron chi connectivity index (χ1n) is 11.0. The smallest absolute Gasteiger partial charge is 0.341 e. The molecule has 0 spiro atoms. The number of likely N-dealkylation sites (tertiary alicyclic amines) is 1. The van der Waals surface area contributed by atoms with Crippen LogP contribution in [0.25, 0.3) is 11.0 Å². The number of piperidine rings is 1. The van der Waals surface area contributed by atoms with Gasteiger partial charge in [-0.15, -0.1) is 0 Å². The van der Waals surface area contributed by atoms with Crippen molar-refractivity contribution in [1.82, 2.24) is 19.4 Å². The van der Waals surface area contributed by atoms with E-state index in [2.05, 4.69) is 4.98 Å². The van der Waals surface area contributed by atoms with Crippen molar-refractivity contribution in [2.75, 3.05) is 19.6 Å². The van der Waals surface area contributed by atoms with Crippen LogP contribution < -0.4 is 0 Å². The van der Waals surface area contributed by atoms with E-state index in [1.807, 2.05) is 0 Å². The molecule has 34 heavy (non-hydrogen) atoms. The van der Waals surface area contributed by atoms with E-state index in [1.165, 1.54) is 4.57 Å². The second-order valence-corrected chi connectivity index (χ2v) is 8.60. The molecule has 3 amide bonds.